The fraction of sp³-hybridized carbons (Fsp3) is 0.333. The van der Waals surface area contributed by atoms with Gasteiger partial charge in [0.05, 0.1) is 11.6 Å². The molecule has 0 aliphatic carbocycles. The Balaban J connectivity index is 1.79. The average Bonchev–Trinajstić information content (AvgIpc) is 2.98. The topological polar surface area (TPSA) is 49.4 Å². The maximum absolute atomic E-state index is 13.8. The minimum Gasteiger partial charge on any atom is -0.323 e. The van der Waals surface area contributed by atoms with Gasteiger partial charge in [0.1, 0.15) is 11.6 Å². The summed E-state index contributed by atoms with van der Waals surface area (Å²) in [5.41, 5.74) is 1.55. The summed E-state index contributed by atoms with van der Waals surface area (Å²) in [4.78, 5) is 26.7. The van der Waals surface area contributed by atoms with Crippen LogP contribution in [0.15, 0.2) is 42.5 Å². The number of benzene rings is 2. The lowest BCUT2D eigenvalue weighted by molar-refractivity contribution is -0.122. The van der Waals surface area contributed by atoms with Crippen molar-refractivity contribution in [2.24, 2.45) is 5.92 Å². The highest BCUT2D eigenvalue weighted by molar-refractivity contribution is 6.04. The van der Waals surface area contributed by atoms with Crippen molar-refractivity contribution in [3.63, 3.8) is 0 Å². The van der Waals surface area contributed by atoms with Crippen molar-refractivity contribution in [2.45, 2.75) is 32.6 Å². The molecule has 1 aliphatic heterocycles. The lowest BCUT2D eigenvalue weighted by Gasteiger charge is -2.27. The molecule has 2 aromatic carbocycles. The smallest absolute Gasteiger partial charge is 0.229 e. The number of carbonyl (C=O) groups excluding carboxylic acids is 2. The maximum atomic E-state index is 13.8. The lowest BCUT2D eigenvalue weighted by Crippen LogP contribution is -2.30. The normalized spacial score (nSPS) is 17.3. The van der Waals surface area contributed by atoms with Crippen LogP contribution in [0.25, 0.3) is 0 Å². The zero-order valence-corrected chi connectivity index (χ0v) is 15.6. The third-order valence-corrected chi connectivity index (χ3v) is 4.69. The molecule has 6 heteroatoms. The standard InChI is InChI=1S/C21H22F2N2O2/c1-21(2,3)15-6-4-5-7-18(15)25-12-13(10-19(25)26)20(27)24-17-9-8-14(22)11-16(17)23/h4-9,11,13H,10,12H2,1-3H3,(H,24,27). The molecular weight excluding hydrogens is 350 g/mol. The van der Waals surface area contributed by atoms with Gasteiger partial charge in [0.2, 0.25) is 11.8 Å². The van der Waals surface area contributed by atoms with E-state index in [0.717, 1.165) is 17.3 Å². The summed E-state index contributed by atoms with van der Waals surface area (Å²) in [6.07, 6.45) is 0.0487. The average molecular weight is 372 g/mol. The Bertz CT molecular complexity index is 890. The quantitative estimate of drug-likeness (QED) is 0.875. The molecule has 1 atom stereocenters. The predicted molar refractivity (Wildman–Crippen MR) is 101 cm³/mol. The first-order valence-corrected chi connectivity index (χ1v) is 8.82. The molecule has 1 unspecified atom stereocenters. The molecule has 0 aromatic heterocycles. The third kappa shape index (κ3) is 3.99. The third-order valence-electron chi connectivity index (χ3n) is 4.69. The molecule has 1 saturated heterocycles. The molecule has 1 fully saturated rings. The fourth-order valence-electron chi connectivity index (χ4n) is 3.28. The van der Waals surface area contributed by atoms with E-state index in [1.807, 2.05) is 24.3 Å². The summed E-state index contributed by atoms with van der Waals surface area (Å²) in [5.74, 6) is -2.76. The highest BCUT2D eigenvalue weighted by Crippen LogP contribution is 2.35. The number of halogens is 2. The minimum atomic E-state index is -0.845. The monoisotopic (exact) mass is 372 g/mol. The van der Waals surface area contributed by atoms with Crippen molar-refractivity contribution in [2.75, 3.05) is 16.8 Å². The van der Waals surface area contributed by atoms with Crippen LogP contribution in [0, 0.1) is 17.6 Å². The highest BCUT2D eigenvalue weighted by atomic mass is 19.1. The Morgan fingerprint density at radius 1 is 1.15 bits per heavy atom. The molecule has 3 rings (SSSR count). The van der Waals surface area contributed by atoms with Gasteiger partial charge in [-0.2, -0.15) is 0 Å². The van der Waals surface area contributed by atoms with Crippen LogP contribution in [0.4, 0.5) is 20.2 Å². The fourth-order valence-corrected chi connectivity index (χ4v) is 3.28. The van der Waals surface area contributed by atoms with E-state index in [2.05, 4.69) is 26.1 Å². The van der Waals surface area contributed by atoms with Crippen LogP contribution in [0.2, 0.25) is 0 Å². The Kier molecular flexibility index (Phi) is 5.00. The number of anilines is 2. The molecule has 2 aromatic rings. The zero-order chi connectivity index (χ0) is 19.8. The van der Waals surface area contributed by atoms with Crippen LogP contribution in [0.3, 0.4) is 0 Å². The van der Waals surface area contributed by atoms with Crippen LogP contribution in [0.5, 0.6) is 0 Å². The molecule has 0 spiro atoms. The van der Waals surface area contributed by atoms with Gasteiger partial charge in [0.15, 0.2) is 0 Å². The molecule has 2 amide bonds. The van der Waals surface area contributed by atoms with Gasteiger partial charge in [0.25, 0.3) is 0 Å². The van der Waals surface area contributed by atoms with E-state index in [1.54, 1.807) is 4.90 Å². The minimum absolute atomic E-state index is 0.0487. The van der Waals surface area contributed by atoms with Gasteiger partial charge in [-0.05, 0) is 29.2 Å². The van der Waals surface area contributed by atoms with Gasteiger partial charge in [-0.25, -0.2) is 8.78 Å². The van der Waals surface area contributed by atoms with E-state index < -0.39 is 23.5 Å². The number of hydrogen-bond donors (Lipinski definition) is 1. The summed E-state index contributed by atoms with van der Waals surface area (Å²) in [7, 11) is 0. The number of rotatable bonds is 3. The van der Waals surface area contributed by atoms with Gasteiger partial charge >= 0.3 is 0 Å². The summed E-state index contributed by atoms with van der Waals surface area (Å²) >= 11 is 0. The Morgan fingerprint density at radius 2 is 1.85 bits per heavy atom. The second-order valence-corrected chi connectivity index (χ2v) is 7.79. The van der Waals surface area contributed by atoms with Crippen molar-refractivity contribution >= 4 is 23.2 Å². The first-order chi connectivity index (χ1) is 12.7. The second kappa shape index (κ2) is 7.10. The molecule has 1 heterocycles. The number of para-hydroxylation sites is 1. The van der Waals surface area contributed by atoms with E-state index in [1.165, 1.54) is 6.07 Å². The van der Waals surface area contributed by atoms with Crippen molar-refractivity contribution in [1.82, 2.24) is 0 Å². The van der Waals surface area contributed by atoms with Crippen molar-refractivity contribution < 1.29 is 18.4 Å². The molecule has 4 nitrogen and oxygen atoms in total. The van der Waals surface area contributed by atoms with Gasteiger partial charge in [-0.3, -0.25) is 9.59 Å². The van der Waals surface area contributed by atoms with Crippen LogP contribution in [0.1, 0.15) is 32.8 Å². The van der Waals surface area contributed by atoms with Crippen LogP contribution < -0.4 is 10.2 Å². The van der Waals surface area contributed by atoms with Gasteiger partial charge < -0.3 is 10.2 Å². The van der Waals surface area contributed by atoms with Crippen LogP contribution in [-0.4, -0.2) is 18.4 Å². The molecule has 0 radical (unpaired) electrons. The van der Waals surface area contributed by atoms with Crippen molar-refractivity contribution in [3.8, 4) is 0 Å². The first kappa shape index (κ1) is 19.0. The molecule has 0 bridgehead atoms. The number of nitrogens with zero attached hydrogens (tertiary/aromatic N) is 1. The Labute approximate surface area is 157 Å². The van der Waals surface area contributed by atoms with E-state index in [9.17, 15) is 18.4 Å². The molecular formula is C21H22F2N2O2. The largest absolute Gasteiger partial charge is 0.323 e. The van der Waals surface area contributed by atoms with Gasteiger partial charge in [-0.1, -0.05) is 39.0 Å². The van der Waals surface area contributed by atoms with Crippen molar-refractivity contribution in [1.29, 1.82) is 0 Å². The number of nitrogens with one attached hydrogen (secondary N) is 1. The van der Waals surface area contributed by atoms with E-state index >= 15 is 0 Å². The summed E-state index contributed by atoms with van der Waals surface area (Å²) in [5, 5.41) is 2.46. The highest BCUT2D eigenvalue weighted by Gasteiger charge is 2.37. The number of hydrogen-bond acceptors (Lipinski definition) is 2. The lowest BCUT2D eigenvalue weighted by atomic mass is 9.85. The predicted octanol–water partition coefficient (Wildman–Crippen LogP) is 4.25. The van der Waals surface area contributed by atoms with E-state index in [-0.39, 0.29) is 30.0 Å². The molecule has 142 valence electrons. The Hall–Kier alpha value is -2.76. The van der Waals surface area contributed by atoms with Gasteiger partial charge in [-0.15, -0.1) is 0 Å². The molecule has 1 N–H and O–H groups in total. The Morgan fingerprint density at radius 3 is 2.52 bits per heavy atom. The molecule has 27 heavy (non-hydrogen) atoms. The summed E-state index contributed by atoms with van der Waals surface area (Å²) in [6, 6.07) is 10.6. The maximum Gasteiger partial charge on any atom is 0.229 e. The molecule has 1 aliphatic rings. The van der Waals surface area contributed by atoms with Gasteiger partial charge in [0, 0.05) is 24.7 Å². The van der Waals surface area contributed by atoms with E-state index in [4.69, 9.17) is 0 Å². The first-order valence-electron chi connectivity index (χ1n) is 8.82. The number of carbonyl (C=O) groups is 2. The van der Waals surface area contributed by atoms with Crippen molar-refractivity contribution in [3.05, 3.63) is 59.7 Å². The second-order valence-electron chi connectivity index (χ2n) is 7.79. The van der Waals surface area contributed by atoms with Crippen LogP contribution in [-0.2, 0) is 15.0 Å². The zero-order valence-electron chi connectivity index (χ0n) is 15.6. The van der Waals surface area contributed by atoms with E-state index in [0.29, 0.717) is 6.07 Å². The summed E-state index contributed by atoms with van der Waals surface area (Å²) in [6.45, 7) is 6.41. The molecule has 0 saturated carbocycles. The van der Waals surface area contributed by atoms with Crippen LogP contribution >= 0.6 is 0 Å². The summed E-state index contributed by atoms with van der Waals surface area (Å²) < 4.78 is 26.8. The SMILES string of the molecule is CC(C)(C)c1ccccc1N1CC(C(=O)Nc2ccc(F)cc2F)CC1=O. The number of amides is 2.